The number of anilines is 3. The average Bonchev–Trinajstić information content (AvgIpc) is 2.76. The van der Waals surface area contributed by atoms with E-state index in [9.17, 15) is 0 Å². The molecule has 2 aromatic carbocycles. The van der Waals surface area contributed by atoms with Gasteiger partial charge in [-0.2, -0.15) is 15.0 Å². The highest BCUT2D eigenvalue weighted by molar-refractivity contribution is 6.30. The molecule has 0 aliphatic rings. The molecule has 1 heterocycles. The number of aromatic nitrogens is 3. The van der Waals surface area contributed by atoms with Gasteiger partial charge in [-0.15, -0.1) is 0 Å². The first kappa shape index (κ1) is 24.0. The third-order valence-corrected chi connectivity index (χ3v) is 5.20. The van der Waals surface area contributed by atoms with Crippen molar-refractivity contribution in [2.24, 2.45) is 0 Å². The van der Waals surface area contributed by atoms with Gasteiger partial charge in [0.1, 0.15) is 0 Å². The topological polar surface area (TPSA) is 78.0 Å². The largest absolute Gasteiger partial charge is 0.354 e. The Morgan fingerprint density at radius 3 is 1.38 bits per heavy atom. The van der Waals surface area contributed by atoms with Gasteiger partial charge in [0.05, 0.1) is 0 Å². The quantitative estimate of drug-likeness (QED) is 0.358. The van der Waals surface area contributed by atoms with E-state index < -0.39 is 0 Å². The highest BCUT2D eigenvalue weighted by atomic mass is 35.5. The van der Waals surface area contributed by atoms with E-state index >= 15 is 0 Å². The van der Waals surface area contributed by atoms with E-state index in [1.165, 1.54) is 11.1 Å². The van der Waals surface area contributed by atoms with Crippen molar-refractivity contribution in [2.75, 3.05) is 56.2 Å². The fourth-order valence-electron chi connectivity index (χ4n) is 2.94. The van der Waals surface area contributed by atoms with Gasteiger partial charge in [0.15, 0.2) is 0 Å². The molecular weight excluding hydrogens is 445 g/mol. The summed E-state index contributed by atoms with van der Waals surface area (Å²) in [6.07, 6.45) is 1.68. The number of nitrogens with one attached hydrogen (secondary N) is 3. The zero-order valence-electron chi connectivity index (χ0n) is 18.4. The molecule has 0 aliphatic heterocycles. The highest BCUT2D eigenvalue weighted by Crippen LogP contribution is 2.13. The van der Waals surface area contributed by atoms with Gasteiger partial charge in [-0.25, -0.2) is 0 Å². The summed E-state index contributed by atoms with van der Waals surface area (Å²) in [6, 6.07) is 15.7. The maximum Gasteiger partial charge on any atom is 0.229 e. The Morgan fingerprint density at radius 2 is 1.00 bits per heavy atom. The van der Waals surface area contributed by atoms with Crippen LogP contribution in [0.5, 0.6) is 0 Å². The standard InChI is InChI=1S/C23H29Cl2N7/c1-32(2)16-15-28-23-30-21(26-13-11-17-3-7-19(24)8-4-17)29-22(31-23)27-14-12-18-5-9-20(25)10-6-18/h3-10H,11-16H2,1-2H3,(H3,26,27,28,29,30,31). The number of halogens is 2. The monoisotopic (exact) mass is 473 g/mol. The molecule has 32 heavy (non-hydrogen) atoms. The number of nitrogens with zero attached hydrogens (tertiary/aromatic N) is 4. The number of likely N-dealkylation sites (N-methyl/N-ethyl adjacent to an activating group) is 1. The molecule has 3 aromatic rings. The van der Waals surface area contributed by atoms with E-state index in [0.29, 0.717) is 30.9 Å². The van der Waals surface area contributed by atoms with E-state index in [2.05, 4.69) is 35.8 Å². The number of rotatable bonds is 12. The van der Waals surface area contributed by atoms with E-state index in [1.54, 1.807) is 0 Å². The van der Waals surface area contributed by atoms with Crippen molar-refractivity contribution in [1.82, 2.24) is 19.9 Å². The number of hydrogen-bond donors (Lipinski definition) is 3. The van der Waals surface area contributed by atoms with E-state index in [-0.39, 0.29) is 0 Å². The van der Waals surface area contributed by atoms with Crippen LogP contribution in [0.2, 0.25) is 10.0 Å². The maximum absolute atomic E-state index is 5.96. The summed E-state index contributed by atoms with van der Waals surface area (Å²) in [4.78, 5) is 15.7. The molecule has 0 fully saturated rings. The van der Waals surface area contributed by atoms with Crippen LogP contribution in [0.4, 0.5) is 17.8 Å². The lowest BCUT2D eigenvalue weighted by molar-refractivity contribution is 0.425. The average molecular weight is 474 g/mol. The Kier molecular flexibility index (Phi) is 9.34. The van der Waals surface area contributed by atoms with Gasteiger partial charge < -0.3 is 20.9 Å². The number of hydrogen-bond acceptors (Lipinski definition) is 7. The molecule has 0 saturated carbocycles. The molecular formula is C23H29Cl2N7. The molecule has 0 amide bonds. The molecule has 0 atom stereocenters. The fourth-order valence-corrected chi connectivity index (χ4v) is 3.20. The second kappa shape index (κ2) is 12.4. The summed E-state index contributed by atoms with van der Waals surface area (Å²) in [6.45, 7) is 3.02. The van der Waals surface area contributed by atoms with E-state index in [1.807, 2.05) is 62.6 Å². The second-order valence-electron chi connectivity index (χ2n) is 7.64. The number of benzene rings is 2. The second-order valence-corrected chi connectivity index (χ2v) is 8.52. The molecule has 9 heteroatoms. The normalized spacial score (nSPS) is 10.9. The van der Waals surface area contributed by atoms with Gasteiger partial charge in [-0.05, 0) is 62.3 Å². The summed E-state index contributed by atoms with van der Waals surface area (Å²) < 4.78 is 0. The minimum Gasteiger partial charge on any atom is -0.354 e. The molecule has 3 N–H and O–H groups in total. The minimum absolute atomic E-state index is 0.537. The van der Waals surface area contributed by atoms with Crippen LogP contribution in [0.1, 0.15) is 11.1 Å². The first-order valence-electron chi connectivity index (χ1n) is 10.6. The Bertz CT molecular complexity index is 893. The summed E-state index contributed by atoms with van der Waals surface area (Å²) >= 11 is 11.9. The zero-order valence-corrected chi connectivity index (χ0v) is 19.9. The Hall–Kier alpha value is -2.61. The molecule has 0 bridgehead atoms. The van der Waals surface area contributed by atoms with Crippen LogP contribution >= 0.6 is 23.2 Å². The minimum atomic E-state index is 0.537. The highest BCUT2D eigenvalue weighted by Gasteiger charge is 2.07. The Balaban J connectivity index is 1.60. The predicted molar refractivity (Wildman–Crippen MR) is 134 cm³/mol. The Morgan fingerprint density at radius 1 is 0.625 bits per heavy atom. The van der Waals surface area contributed by atoms with Crippen molar-refractivity contribution in [3.8, 4) is 0 Å². The third kappa shape index (κ3) is 8.49. The Labute approximate surface area is 199 Å². The van der Waals surface area contributed by atoms with Crippen molar-refractivity contribution >= 4 is 41.0 Å². The lowest BCUT2D eigenvalue weighted by Crippen LogP contribution is -2.22. The van der Waals surface area contributed by atoms with Crippen molar-refractivity contribution in [1.29, 1.82) is 0 Å². The van der Waals surface area contributed by atoms with Gasteiger partial charge >= 0.3 is 0 Å². The molecule has 0 radical (unpaired) electrons. The summed E-state index contributed by atoms with van der Waals surface area (Å²) in [5.74, 6) is 1.62. The summed E-state index contributed by atoms with van der Waals surface area (Å²) in [5.41, 5.74) is 2.39. The maximum atomic E-state index is 5.96. The van der Waals surface area contributed by atoms with Crippen LogP contribution in [0.25, 0.3) is 0 Å². The predicted octanol–water partition coefficient (Wildman–Crippen LogP) is 4.46. The molecule has 0 unspecified atom stereocenters. The van der Waals surface area contributed by atoms with E-state index in [4.69, 9.17) is 23.2 Å². The lowest BCUT2D eigenvalue weighted by atomic mass is 10.1. The van der Waals surface area contributed by atoms with Gasteiger partial charge in [0, 0.05) is 36.2 Å². The smallest absolute Gasteiger partial charge is 0.229 e. The van der Waals surface area contributed by atoms with Gasteiger partial charge in [-0.1, -0.05) is 47.5 Å². The van der Waals surface area contributed by atoms with E-state index in [0.717, 1.165) is 36.0 Å². The van der Waals surface area contributed by atoms with Gasteiger partial charge in [0.2, 0.25) is 17.8 Å². The lowest BCUT2D eigenvalue weighted by Gasteiger charge is -2.13. The van der Waals surface area contributed by atoms with Crippen molar-refractivity contribution in [2.45, 2.75) is 12.8 Å². The first-order valence-corrected chi connectivity index (χ1v) is 11.3. The molecule has 7 nitrogen and oxygen atoms in total. The van der Waals surface area contributed by atoms with Crippen LogP contribution in [0, 0.1) is 0 Å². The van der Waals surface area contributed by atoms with Crippen molar-refractivity contribution < 1.29 is 0 Å². The SMILES string of the molecule is CN(C)CCNc1nc(NCCc2ccc(Cl)cc2)nc(NCCc2ccc(Cl)cc2)n1. The van der Waals surface area contributed by atoms with Crippen molar-refractivity contribution in [3.63, 3.8) is 0 Å². The van der Waals surface area contributed by atoms with Crippen LogP contribution < -0.4 is 16.0 Å². The molecule has 3 rings (SSSR count). The first-order chi connectivity index (χ1) is 15.5. The summed E-state index contributed by atoms with van der Waals surface area (Å²) in [7, 11) is 4.06. The van der Waals surface area contributed by atoms with Gasteiger partial charge in [-0.3, -0.25) is 0 Å². The van der Waals surface area contributed by atoms with Crippen LogP contribution in [0.3, 0.4) is 0 Å². The van der Waals surface area contributed by atoms with Crippen LogP contribution in [-0.4, -0.2) is 60.1 Å². The van der Waals surface area contributed by atoms with Crippen molar-refractivity contribution in [3.05, 3.63) is 69.7 Å². The molecule has 170 valence electrons. The zero-order chi connectivity index (χ0) is 22.8. The fraction of sp³-hybridized carbons (Fsp3) is 0.348. The van der Waals surface area contributed by atoms with Crippen LogP contribution in [0.15, 0.2) is 48.5 Å². The molecule has 0 aliphatic carbocycles. The van der Waals surface area contributed by atoms with Crippen LogP contribution in [-0.2, 0) is 12.8 Å². The summed E-state index contributed by atoms with van der Waals surface area (Å²) in [5, 5.41) is 11.4. The third-order valence-electron chi connectivity index (χ3n) is 4.70. The molecule has 0 saturated heterocycles. The van der Waals surface area contributed by atoms with Gasteiger partial charge in [0.25, 0.3) is 0 Å². The molecule has 0 spiro atoms. The molecule has 1 aromatic heterocycles.